The van der Waals surface area contributed by atoms with Crippen LogP contribution in [0.3, 0.4) is 0 Å². The summed E-state index contributed by atoms with van der Waals surface area (Å²) in [5.74, 6) is 0.395. The van der Waals surface area contributed by atoms with Gasteiger partial charge in [-0.15, -0.1) is 11.3 Å². The van der Waals surface area contributed by atoms with Gasteiger partial charge in [0.15, 0.2) is 0 Å². The Morgan fingerprint density at radius 1 is 1.11 bits per heavy atom. The minimum Gasteiger partial charge on any atom is -0.353 e. The normalized spacial score (nSPS) is 14.2. The number of thioether (sulfide) groups is 1. The minimum atomic E-state index is 0.0455. The molecule has 3 heterocycles. The highest BCUT2D eigenvalue weighted by Gasteiger charge is 2.23. The molecule has 0 saturated carbocycles. The molecule has 0 fully saturated rings. The third-order valence-corrected chi connectivity index (χ3v) is 8.92. The first kappa shape index (κ1) is 24.2. The molecule has 7 heteroatoms. The van der Waals surface area contributed by atoms with E-state index in [1.165, 1.54) is 52.4 Å². The number of aromatic nitrogens is 3. The predicted octanol–water partition coefficient (Wildman–Crippen LogP) is 6.30. The number of rotatable bonds is 9. The van der Waals surface area contributed by atoms with Gasteiger partial charge in [-0.1, -0.05) is 55.4 Å². The van der Waals surface area contributed by atoms with Crippen molar-refractivity contribution in [2.45, 2.75) is 76.3 Å². The second-order valence-corrected chi connectivity index (χ2v) is 11.4. The molecule has 1 atom stereocenters. The molecular weight excluding hydrogens is 472 g/mol. The lowest BCUT2D eigenvalue weighted by molar-refractivity contribution is -0.119. The summed E-state index contributed by atoms with van der Waals surface area (Å²) in [6.07, 6.45) is 10.4. The van der Waals surface area contributed by atoms with Crippen LogP contribution in [0, 0.1) is 0 Å². The van der Waals surface area contributed by atoms with E-state index in [1.54, 1.807) is 17.7 Å². The van der Waals surface area contributed by atoms with Crippen LogP contribution in [0.2, 0.25) is 0 Å². The zero-order valence-electron chi connectivity index (χ0n) is 20.5. The van der Waals surface area contributed by atoms with Crippen LogP contribution in [-0.4, -0.2) is 32.7 Å². The molecule has 5 rings (SSSR count). The van der Waals surface area contributed by atoms with E-state index >= 15 is 0 Å². The first-order valence-electron chi connectivity index (χ1n) is 12.7. The van der Waals surface area contributed by atoms with E-state index in [0.29, 0.717) is 5.75 Å². The zero-order valence-corrected chi connectivity index (χ0v) is 22.1. The third-order valence-electron chi connectivity index (χ3n) is 6.72. The van der Waals surface area contributed by atoms with E-state index < -0.39 is 0 Å². The highest BCUT2D eigenvalue weighted by molar-refractivity contribution is 8.00. The molecule has 182 valence electrons. The first-order chi connectivity index (χ1) is 17.1. The maximum absolute atomic E-state index is 12.7. The van der Waals surface area contributed by atoms with Crippen molar-refractivity contribution in [2.24, 2.45) is 0 Å². The van der Waals surface area contributed by atoms with Crippen molar-refractivity contribution in [3.05, 3.63) is 59.0 Å². The number of fused-ring (bicyclic) bond motifs is 5. The van der Waals surface area contributed by atoms with Gasteiger partial charge in [-0.2, -0.15) is 0 Å². The highest BCUT2D eigenvalue weighted by Crippen LogP contribution is 2.41. The van der Waals surface area contributed by atoms with Crippen LogP contribution in [0.1, 0.15) is 61.9 Å². The maximum atomic E-state index is 12.7. The van der Waals surface area contributed by atoms with Gasteiger partial charge in [-0.3, -0.25) is 4.79 Å². The van der Waals surface area contributed by atoms with Gasteiger partial charge in [0.05, 0.1) is 16.0 Å². The summed E-state index contributed by atoms with van der Waals surface area (Å²) >= 11 is 3.18. The molecule has 0 radical (unpaired) electrons. The van der Waals surface area contributed by atoms with Gasteiger partial charge in [0.2, 0.25) is 5.91 Å². The molecule has 1 amide bonds. The summed E-state index contributed by atoms with van der Waals surface area (Å²) in [6.45, 7) is 4.29. The van der Waals surface area contributed by atoms with Crippen molar-refractivity contribution in [1.29, 1.82) is 0 Å². The fourth-order valence-electron chi connectivity index (χ4n) is 5.01. The molecule has 1 aliphatic rings. The number of aryl methyl sites for hydroxylation is 3. The predicted molar refractivity (Wildman–Crippen MR) is 146 cm³/mol. The summed E-state index contributed by atoms with van der Waals surface area (Å²) in [7, 11) is 0. The quantitative estimate of drug-likeness (QED) is 0.214. The minimum absolute atomic E-state index is 0.0455. The second-order valence-electron chi connectivity index (χ2n) is 9.39. The molecule has 3 aromatic heterocycles. The standard InChI is InChI=1S/C28H32N4OS2/c1-3-9-22-20-12-7-8-13-21(20)24-25-26(35-27(24)32-22)28(30-17-29-25)34-16-23(33)31-18(2)14-15-19-10-5-4-6-11-19/h4-6,10-11,17-18H,3,7-9,12-16H2,1-2H3,(H,31,33)/t18-/m0/s1. The number of carbonyl (C=O) groups excluding carboxylic acids is 1. The molecule has 0 spiro atoms. The average Bonchev–Trinajstić information content (AvgIpc) is 3.26. The molecule has 1 aromatic carbocycles. The van der Waals surface area contributed by atoms with Crippen LogP contribution in [0.25, 0.3) is 20.4 Å². The van der Waals surface area contributed by atoms with Crippen molar-refractivity contribution in [1.82, 2.24) is 20.3 Å². The van der Waals surface area contributed by atoms with E-state index in [-0.39, 0.29) is 11.9 Å². The lowest BCUT2D eigenvalue weighted by Crippen LogP contribution is -2.34. The lowest BCUT2D eigenvalue weighted by atomic mass is 9.88. The van der Waals surface area contributed by atoms with Crippen molar-refractivity contribution in [3.8, 4) is 0 Å². The van der Waals surface area contributed by atoms with Gasteiger partial charge < -0.3 is 5.32 Å². The molecule has 0 aliphatic heterocycles. The van der Waals surface area contributed by atoms with Crippen LogP contribution in [-0.2, 0) is 30.5 Å². The summed E-state index contributed by atoms with van der Waals surface area (Å²) in [6, 6.07) is 10.5. The Morgan fingerprint density at radius 3 is 2.71 bits per heavy atom. The molecule has 0 unspecified atom stereocenters. The molecule has 1 N–H and O–H groups in total. The molecule has 5 nitrogen and oxygen atoms in total. The van der Waals surface area contributed by atoms with Crippen LogP contribution in [0.4, 0.5) is 0 Å². The highest BCUT2D eigenvalue weighted by atomic mass is 32.2. The van der Waals surface area contributed by atoms with E-state index in [4.69, 9.17) is 4.98 Å². The maximum Gasteiger partial charge on any atom is 0.230 e. The van der Waals surface area contributed by atoms with Gasteiger partial charge in [0.25, 0.3) is 0 Å². The first-order valence-corrected chi connectivity index (χ1v) is 14.5. The average molecular weight is 505 g/mol. The Bertz CT molecular complexity index is 1340. The number of amides is 1. The number of benzene rings is 1. The molecule has 0 bridgehead atoms. The lowest BCUT2D eigenvalue weighted by Gasteiger charge is -2.19. The van der Waals surface area contributed by atoms with Crippen molar-refractivity contribution < 1.29 is 4.79 Å². The Labute approximate surface area is 215 Å². The van der Waals surface area contributed by atoms with Crippen molar-refractivity contribution in [2.75, 3.05) is 5.75 Å². The SMILES string of the molecule is CCCc1nc2sc3c(SCC(=O)N[C@@H](C)CCc4ccccc4)ncnc3c2c2c1CCCC2. The van der Waals surface area contributed by atoms with Crippen molar-refractivity contribution >= 4 is 49.4 Å². The number of hydrogen-bond donors (Lipinski definition) is 1. The summed E-state index contributed by atoms with van der Waals surface area (Å²) in [5.41, 5.74) is 6.49. The number of nitrogens with zero attached hydrogens (tertiary/aromatic N) is 3. The third kappa shape index (κ3) is 5.36. The summed E-state index contributed by atoms with van der Waals surface area (Å²) in [5, 5.41) is 5.25. The van der Waals surface area contributed by atoms with Gasteiger partial charge in [0, 0.05) is 17.1 Å². The smallest absolute Gasteiger partial charge is 0.230 e. The topological polar surface area (TPSA) is 67.8 Å². The van der Waals surface area contributed by atoms with Gasteiger partial charge >= 0.3 is 0 Å². The molecule has 1 aliphatic carbocycles. The number of pyridine rings is 1. The van der Waals surface area contributed by atoms with E-state index in [1.807, 2.05) is 6.07 Å². The molecule has 35 heavy (non-hydrogen) atoms. The Morgan fingerprint density at radius 2 is 1.91 bits per heavy atom. The van der Waals surface area contributed by atoms with Gasteiger partial charge in [-0.05, 0) is 68.6 Å². The molecule has 4 aromatic rings. The monoisotopic (exact) mass is 504 g/mol. The number of hydrogen-bond acceptors (Lipinski definition) is 6. The second kappa shape index (κ2) is 11.0. The molecule has 0 saturated heterocycles. The Hall–Kier alpha value is -2.51. The van der Waals surface area contributed by atoms with E-state index in [9.17, 15) is 4.79 Å². The molecular formula is C28H32N4OS2. The van der Waals surface area contributed by atoms with Gasteiger partial charge in [-0.25, -0.2) is 15.0 Å². The van der Waals surface area contributed by atoms with Crippen LogP contribution in [0.15, 0.2) is 41.7 Å². The number of thiophene rings is 1. The van der Waals surface area contributed by atoms with Crippen LogP contribution >= 0.6 is 23.1 Å². The van der Waals surface area contributed by atoms with Crippen molar-refractivity contribution in [3.63, 3.8) is 0 Å². The van der Waals surface area contributed by atoms with Crippen LogP contribution < -0.4 is 5.32 Å². The summed E-state index contributed by atoms with van der Waals surface area (Å²) in [4.78, 5) is 28.1. The number of nitrogens with one attached hydrogen (secondary N) is 1. The van der Waals surface area contributed by atoms with E-state index in [0.717, 1.165) is 58.6 Å². The van der Waals surface area contributed by atoms with Crippen LogP contribution in [0.5, 0.6) is 0 Å². The fraction of sp³-hybridized carbons (Fsp3) is 0.429. The Balaban J connectivity index is 1.31. The largest absolute Gasteiger partial charge is 0.353 e. The fourth-order valence-corrected chi connectivity index (χ4v) is 7.08. The Kier molecular flexibility index (Phi) is 7.63. The zero-order chi connectivity index (χ0) is 24.2. The van der Waals surface area contributed by atoms with Gasteiger partial charge in [0.1, 0.15) is 16.2 Å². The van der Waals surface area contributed by atoms with E-state index in [2.05, 4.69) is 53.4 Å². The summed E-state index contributed by atoms with van der Waals surface area (Å²) < 4.78 is 1.06. The number of carbonyl (C=O) groups is 1.